The fraction of sp³-hybridized carbons (Fsp3) is 0.571. The van der Waals surface area contributed by atoms with Gasteiger partial charge in [-0.05, 0) is 38.0 Å². The van der Waals surface area contributed by atoms with Gasteiger partial charge in [0.1, 0.15) is 6.10 Å². The molecule has 2 nitrogen and oxygen atoms in total. The van der Waals surface area contributed by atoms with Gasteiger partial charge >= 0.3 is 0 Å². The Kier molecular flexibility index (Phi) is 5.01. The maximum atomic E-state index is 13.5. The number of rotatable bonds is 5. The molecule has 0 saturated heterocycles. The van der Waals surface area contributed by atoms with Gasteiger partial charge in [0.05, 0.1) is 0 Å². The van der Waals surface area contributed by atoms with E-state index >= 15 is 0 Å². The van der Waals surface area contributed by atoms with Crippen molar-refractivity contribution in [1.29, 1.82) is 0 Å². The lowest BCUT2D eigenvalue weighted by Gasteiger charge is -2.19. The minimum Gasteiger partial charge on any atom is -0.486 e. The molecule has 0 spiro atoms. The zero-order valence-electron chi connectivity index (χ0n) is 10.6. The van der Waals surface area contributed by atoms with Gasteiger partial charge in [0.25, 0.3) is 0 Å². The van der Waals surface area contributed by atoms with E-state index in [2.05, 4.69) is 21.2 Å². The van der Waals surface area contributed by atoms with Crippen LogP contribution in [-0.4, -0.2) is 18.7 Å². The largest absolute Gasteiger partial charge is 0.486 e. The molecule has 2 rings (SSSR count). The van der Waals surface area contributed by atoms with Crippen LogP contribution in [-0.2, 0) is 0 Å². The Labute approximate surface area is 116 Å². The zero-order chi connectivity index (χ0) is 13.0. The van der Waals surface area contributed by atoms with Crippen LogP contribution >= 0.6 is 15.9 Å². The molecule has 1 aromatic rings. The van der Waals surface area contributed by atoms with E-state index in [1.165, 1.54) is 31.7 Å². The highest BCUT2D eigenvalue weighted by molar-refractivity contribution is 9.10. The van der Waals surface area contributed by atoms with E-state index < -0.39 is 0 Å². The zero-order valence-corrected chi connectivity index (χ0v) is 12.2. The molecule has 100 valence electrons. The molecule has 1 aliphatic rings. The van der Waals surface area contributed by atoms with Gasteiger partial charge in [-0.15, -0.1) is 0 Å². The van der Waals surface area contributed by atoms with Crippen LogP contribution in [0, 0.1) is 5.82 Å². The molecule has 1 unspecified atom stereocenters. The van der Waals surface area contributed by atoms with Gasteiger partial charge < -0.3 is 10.1 Å². The minimum atomic E-state index is -0.314. The van der Waals surface area contributed by atoms with Crippen molar-refractivity contribution < 1.29 is 9.13 Å². The summed E-state index contributed by atoms with van der Waals surface area (Å²) in [5.74, 6) is -0.00369. The molecular weight excluding hydrogens is 297 g/mol. The van der Waals surface area contributed by atoms with Gasteiger partial charge in [-0.2, -0.15) is 0 Å². The molecule has 0 radical (unpaired) electrons. The monoisotopic (exact) mass is 315 g/mol. The molecule has 0 amide bonds. The van der Waals surface area contributed by atoms with E-state index in [-0.39, 0.29) is 11.9 Å². The van der Waals surface area contributed by atoms with Crippen LogP contribution in [0.15, 0.2) is 22.7 Å². The molecule has 0 aromatic heterocycles. The second kappa shape index (κ2) is 6.53. The van der Waals surface area contributed by atoms with Gasteiger partial charge in [-0.3, -0.25) is 0 Å². The number of halogens is 2. The number of hydrogen-bond acceptors (Lipinski definition) is 2. The van der Waals surface area contributed by atoms with E-state index in [0.717, 1.165) is 11.0 Å². The smallest absolute Gasteiger partial charge is 0.165 e. The summed E-state index contributed by atoms with van der Waals surface area (Å²) in [6.07, 6.45) is 5.09. The van der Waals surface area contributed by atoms with Crippen LogP contribution in [0.25, 0.3) is 0 Å². The Morgan fingerprint density at radius 2 is 2.17 bits per heavy atom. The topological polar surface area (TPSA) is 21.3 Å². The maximum Gasteiger partial charge on any atom is 0.165 e. The van der Waals surface area contributed by atoms with Crippen molar-refractivity contribution in [3.05, 3.63) is 28.5 Å². The molecule has 1 N–H and O–H groups in total. The summed E-state index contributed by atoms with van der Waals surface area (Å²) in [4.78, 5) is 0. The average molecular weight is 316 g/mol. The van der Waals surface area contributed by atoms with Gasteiger partial charge in [0.15, 0.2) is 11.6 Å². The first-order valence-corrected chi connectivity index (χ1v) is 7.29. The number of benzene rings is 1. The highest BCUT2D eigenvalue weighted by Crippen LogP contribution is 2.23. The summed E-state index contributed by atoms with van der Waals surface area (Å²) in [5.41, 5.74) is 0. The molecule has 0 bridgehead atoms. The molecule has 0 heterocycles. The Morgan fingerprint density at radius 3 is 2.89 bits per heavy atom. The Bertz CT molecular complexity index is 393. The van der Waals surface area contributed by atoms with Crippen molar-refractivity contribution in [3.8, 4) is 5.75 Å². The normalized spacial score (nSPS) is 17.9. The quantitative estimate of drug-likeness (QED) is 0.890. The van der Waals surface area contributed by atoms with Crippen molar-refractivity contribution in [1.82, 2.24) is 5.32 Å². The van der Waals surface area contributed by atoms with Crippen LogP contribution in [0.4, 0.5) is 4.39 Å². The minimum absolute atomic E-state index is 0.0330. The van der Waals surface area contributed by atoms with Gasteiger partial charge in [-0.1, -0.05) is 28.8 Å². The third-order valence-corrected chi connectivity index (χ3v) is 3.76. The summed E-state index contributed by atoms with van der Waals surface area (Å²) in [7, 11) is 0. The molecule has 1 aliphatic carbocycles. The lowest BCUT2D eigenvalue weighted by atomic mass is 10.2. The van der Waals surface area contributed by atoms with Crippen LogP contribution in [0.3, 0.4) is 0 Å². The van der Waals surface area contributed by atoms with Gasteiger partial charge in [0, 0.05) is 17.1 Å². The molecule has 1 atom stereocenters. The fourth-order valence-corrected chi connectivity index (χ4v) is 2.63. The Balaban J connectivity index is 1.82. The van der Waals surface area contributed by atoms with E-state index in [4.69, 9.17) is 4.74 Å². The molecule has 18 heavy (non-hydrogen) atoms. The number of hydrogen-bond donors (Lipinski definition) is 1. The lowest BCUT2D eigenvalue weighted by Crippen LogP contribution is -2.35. The summed E-state index contributed by atoms with van der Waals surface area (Å²) in [5, 5.41) is 3.48. The van der Waals surface area contributed by atoms with Crippen molar-refractivity contribution in [2.45, 2.75) is 44.8 Å². The third-order valence-electron chi connectivity index (χ3n) is 3.27. The SMILES string of the molecule is CC(CNC1CCCC1)Oc1cc(Br)ccc1F. The molecule has 1 saturated carbocycles. The average Bonchev–Trinajstić information content (AvgIpc) is 2.84. The standard InChI is InChI=1S/C14H19BrFNO/c1-10(9-17-12-4-2-3-5-12)18-14-8-11(15)6-7-13(14)16/h6-8,10,12,17H,2-5,9H2,1H3. The van der Waals surface area contributed by atoms with Crippen molar-refractivity contribution in [3.63, 3.8) is 0 Å². The highest BCUT2D eigenvalue weighted by Gasteiger charge is 2.16. The van der Waals surface area contributed by atoms with Gasteiger partial charge in [-0.25, -0.2) is 4.39 Å². The number of ether oxygens (including phenoxy) is 1. The predicted molar refractivity (Wildman–Crippen MR) is 74.4 cm³/mol. The van der Waals surface area contributed by atoms with Crippen LogP contribution < -0.4 is 10.1 Å². The predicted octanol–water partition coefficient (Wildman–Crippen LogP) is 3.89. The van der Waals surface area contributed by atoms with Crippen LogP contribution in [0.2, 0.25) is 0 Å². The molecule has 0 aliphatic heterocycles. The first-order valence-electron chi connectivity index (χ1n) is 6.50. The van der Waals surface area contributed by atoms with Crippen molar-refractivity contribution in [2.24, 2.45) is 0 Å². The Hall–Kier alpha value is -0.610. The van der Waals surface area contributed by atoms with E-state index in [1.54, 1.807) is 12.1 Å². The molecule has 1 fully saturated rings. The van der Waals surface area contributed by atoms with Gasteiger partial charge in [0.2, 0.25) is 0 Å². The van der Waals surface area contributed by atoms with Crippen LogP contribution in [0.1, 0.15) is 32.6 Å². The second-order valence-corrected chi connectivity index (χ2v) is 5.81. The summed E-state index contributed by atoms with van der Waals surface area (Å²) >= 11 is 3.32. The third kappa shape index (κ3) is 3.95. The highest BCUT2D eigenvalue weighted by atomic mass is 79.9. The number of nitrogens with one attached hydrogen (secondary N) is 1. The summed E-state index contributed by atoms with van der Waals surface area (Å²) in [6.45, 7) is 2.72. The second-order valence-electron chi connectivity index (χ2n) is 4.89. The fourth-order valence-electron chi connectivity index (χ4n) is 2.29. The first kappa shape index (κ1) is 13.8. The molecular formula is C14H19BrFNO. The van der Waals surface area contributed by atoms with Crippen molar-refractivity contribution in [2.75, 3.05) is 6.54 Å². The molecule has 4 heteroatoms. The van der Waals surface area contributed by atoms with E-state index in [1.807, 2.05) is 6.92 Å². The lowest BCUT2D eigenvalue weighted by molar-refractivity contribution is 0.202. The van der Waals surface area contributed by atoms with Crippen LogP contribution in [0.5, 0.6) is 5.75 Å². The summed E-state index contributed by atoms with van der Waals surface area (Å²) in [6, 6.07) is 5.37. The Morgan fingerprint density at radius 1 is 1.44 bits per heavy atom. The maximum absolute atomic E-state index is 13.5. The summed E-state index contributed by atoms with van der Waals surface area (Å²) < 4.78 is 20.0. The first-order chi connectivity index (χ1) is 8.65. The van der Waals surface area contributed by atoms with Crippen molar-refractivity contribution >= 4 is 15.9 Å². The van der Waals surface area contributed by atoms with E-state index in [0.29, 0.717) is 11.8 Å². The molecule has 1 aromatic carbocycles. The van der Waals surface area contributed by atoms with E-state index in [9.17, 15) is 4.39 Å².